The Kier molecular flexibility index (Phi) is 5.17. The van der Waals surface area contributed by atoms with Gasteiger partial charge in [0.15, 0.2) is 11.6 Å². The van der Waals surface area contributed by atoms with Crippen molar-refractivity contribution in [2.45, 2.75) is 12.5 Å². The molecule has 3 N–H and O–H groups in total. The number of nitrogens with one attached hydrogen (secondary N) is 1. The van der Waals surface area contributed by atoms with Gasteiger partial charge in [0.05, 0.1) is 18.2 Å². The van der Waals surface area contributed by atoms with Crippen LogP contribution >= 0.6 is 0 Å². The Bertz CT molecular complexity index is 1200. The molecule has 3 aromatic rings. The van der Waals surface area contributed by atoms with E-state index in [0.717, 1.165) is 5.56 Å². The largest absolute Gasteiger partial charge is 0.508 e. The number of ketones is 2. The minimum atomic E-state index is -0.872. The van der Waals surface area contributed by atoms with Crippen LogP contribution in [0.15, 0.2) is 60.7 Å². The zero-order valence-corrected chi connectivity index (χ0v) is 16.6. The maximum atomic E-state index is 13.2. The monoisotopic (exact) mass is 417 g/mol. The summed E-state index contributed by atoms with van der Waals surface area (Å²) in [4.78, 5) is 38.6. The first-order valence-electron chi connectivity index (χ1n) is 9.57. The lowest BCUT2D eigenvalue weighted by atomic mass is 9.82. The summed E-state index contributed by atoms with van der Waals surface area (Å²) in [7, 11) is 1.26. The van der Waals surface area contributed by atoms with Crippen LogP contribution in [0.2, 0.25) is 0 Å². The summed E-state index contributed by atoms with van der Waals surface area (Å²) in [5.41, 5.74) is 1.38. The predicted molar refractivity (Wildman–Crippen MR) is 113 cm³/mol. The molecule has 0 amide bonds. The van der Waals surface area contributed by atoms with Crippen LogP contribution in [-0.4, -0.2) is 40.9 Å². The van der Waals surface area contributed by atoms with Crippen molar-refractivity contribution in [2.24, 2.45) is 0 Å². The van der Waals surface area contributed by atoms with Crippen molar-refractivity contribution < 1.29 is 29.3 Å². The predicted octanol–water partition coefficient (Wildman–Crippen LogP) is 3.07. The van der Waals surface area contributed by atoms with E-state index in [-0.39, 0.29) is 45.9 Å². The first-order valence-corrected chi connectivity index (χ1v) is 9.57. The van der Waals surface area contributed by atoms with Gasteiger partial charge in [0.1, 0.15) is 17.5 Å². The molecule has 0 bridgehead atoms. The Morgan fingerprint density at radius 2 is 1.52 bits per heavy atom. The van der Waals surface area contributed by atoms with Crippen LogP contribution in [0.25, 0.3) is 0 Å². The highest BCUT2D eigenvalue weighted by Crippen LogP contribution is 2.37. The SMILES string of the molecule is COC(=O)C(Cc1ccc(O)cc1)Nc1ccc(O)c2c1C(=O)c1ccccc1C2=O. The molecule has 3 aromatic carbocycles. The second-order valence-electron chi connectivity index (χ2n) is 7.18. The fourth-order valence-corrected chi connectivity index (χ4v) is 3.72. The van der Waals surface area contributed by atoms with Crippen LogP contribution in [0.5, 0.6) is 11.5 Å². The van der Waals surface area contributed by atoms with Crippen molar-refractivity contribution >= 4 is 23.2 Å². The number of rotatable bonds is 5. The quantitative estimate of drug-likeness (QED) is 0.338. The second-order valence-corrected chi connectivity index (χ2v) is 7.18. The molecule has 0 heterocycles. The minimum Gasteiger partial charge on any atom is -0.508 e. The van der Waals surface area contributed by atoms with E-state index in [9.17, 15) is 24.6 Å². The summed E-state index contributed by atoms with van der Waals surface area (Å²) in [5, 5.41) is 22.8. The lowest BCUT2D eigenvalue weighted by Crippen LogP contribution is -2.34. The third-order valence-corrected chi connectivity index (χ3v) is 5.25. The highest BCUT2D eigenvalue weighted by Gasteiger charge is 2.35. The number of fused-ring (bicyclic) bond motifs is 2. The highest BCUT2D eigenvalue weighted by atomic mass is 16.5. The van der Waals surface area contributed by atoms with Crippen molar-refractivity contribution in [2.75, 3.05) is 12.4 Å². The molecule has 31 heavy (non-hydrogen) atoms. The molecule has 156 valence electrons. The van der Waals surface area contributed by atoms with E-state index in [0.29, 0.717) is 0 Å². The molecule has 0 saturated carbocycles. The van der Waals surface area contributed by atoms with E-state index in [2.05, 4.69) is 5.32 Å². The lowest BCUT2D eigenvalue weighted by Gasteiger charge is -2.24. The molecule has 1 aliphatic carbocycles. The summed E-state index contributed by atoms with van der Waals surface area (Å²) in [5.74, 6) is -1.65. The van der Waals surface area contributed by atoms with Crippen LogP contribution in [0, 0.1) is 0 Å². The molecule has 0 radical (unpaired) electrons. The fraction of sp³-hybridized carbons (Fsp3) is 0.125. The normalized spacial score (nSPS) is 13.2. The average Bonchev–Trinajstić information content (AvgIpc) is 2.78. The van der Waals surface area contributed by atoms with Gasteiger partial charge in [0.2, 0.25) is 0 Å². The molecule has 1 atom stereocenters. The Hall–Kier alpha value is -4.13. The van der Waals surface area contributed by atoms with Gasteiger partial charge in [0.25, 0.3) is 0 Å². The Labute approximate surface area is 177 Å². The van der Waals surface area contributed by atoms with Crippen molar-refractivity contribution in [3.8, 4) is 11.5 Å². The lowest BCUT2D eigenvalue weighted by molar-refractivity contribution is -0.141. The Morgan fingerprint density at radius 1 is 0.903 bits per heavy atom. The maximum Gasteiger partial charge on any atom is 0.328 e. The zero-order chi connectivity index (χ0) is 22.1. The molecule has 4 rings (SSSR count). The van der Waals surface area contributed by atoms with E-state index in [1.165, 1.54) is 31.4 Å². The first-order chi connectivity index (χ1) is 14.9. The van der Waals surface area contributed by atoms with Gasteiger partial charge >= 0.3 is 5.97 Å². The second kappa shape index (κ2) is 7.95. The molecule has 0 saturated heterocycles. The van der Waals surface area contributed by atoms with Crippen LogP contribution in [-0.2, 0) is 16.0 Å². The van der Waals surface area contributed by atoms with Gasteiger partial charge in [0, 0.05) is 23.2 Å². The number of benzene rings is 3. The van der Waals surface area contributed by atoms with E-state index in [1.807, 2.05) is 0 Å². The molecule has 0 spiro atoms. The molecule has 0 fully saturated rings. The Morgan fingerprint density at radius 3 is 2.13 bits per heavy atom. The van der Waals surface area contributed by atoms with Gasteiger partial charge in [-0.3, -0.25) is 9.59 Å². The number of methoxy groups -OCH3 is 1. The van der Waals surface area contributed by atoms with E-state index < -0.39 is 23.6 Å². The van der Waals surface area contributed by atoms with Crippen LogP contribution < -0.4 is 5.32 Å². The molecule has 0 aromatic heterocycles. The number of hydrogen-bond donors (Lipinski definition) is 3. The van der Waals surface area contributed by atoms with Gasteiger partial charge < -0.3 is 20.3 Å². The van der Waals surface area contributed by atoms with Gasteiger partial charge in [-0.25, -0.2) is 4.79 Å². The molecule has 7 heteroatoms. The highest BCUT2D eigenvalue weighted by molar-refractivity contribution is 6.31. The fourth-order valence-electron chi connectivity index (χ4n) is 3.72. The Balaban J connectivity index is 1.75. The smallest absolute Gasteiger partial charge is 0.328 e. The van der Waals surface area contributed by atoms with Crippen LogP contribution in [0.3, 0.4) is 0 Å². The summed E-state index contributed by atoms with van der Waals surface area (Å²) in [6.07, 6.45) is 0.210. The third kappa shape index (κ3) is 3.61. The molecule has 1 unspecified atom stereocenters. The standard InChI is InChI=1S/C24H19NO6/c1-31-24(30)18(12-13-6-8-14(26)9-7-13)25-17-10-11-19(27)21-20(17)22(28)15-4-2-3-5-16(15)23(21)29/h2-11,18,25-27H,12H2,1H3. The third-order valence-electron chi connectivity index (χ3n) is 5.25. The molecule has 1 aliphatic rings. The molecular weight excluding hydrogens is 398 g/mol. The average molecular weight is 417 g/mol. The number of hydrogen-bond acceptors (Lipinski definition) is 7. The van der Waals surface area contributed by atoms with Crippen molar-refractivity contribution in [1.29, 1.82) is 0 Å². The van der Waals surface area contributed by atoms with Crippen molar-refractivity contribution in [3.63, 3.8) is 0 Å². The molecule has 7 nitrogen and oxygen atoms in total. The van der Waals surface area contributed by atoms with Crippen molar-refractivity contribution in [3.05, 3.63) is 88.5 Å². The van der Waals surface area contributed by atoms with Crippen LogP contribution in [0.4, 0.5) is 5.69 Å². The number of phenols is 2. The number of carbonyl (C=O) groups excluding carboxylic acids is 3. The maximum absolute atomic E-state index is 13.2. The number of anilines is 1. The molecular formula is C24H19NO6. The van der Waals surface area contributed by atoms with E-state index >= 15 is 0 Å². The number of phenolic OH excluding ortho intramolecular Hbond substituents is 2. The topological polar surface area (TPSA) is 113 Å². The summed E-state index contributed by atoms with van der Waals surface area (Å²) >= 11 is 0. The van der Waals surface area contributed by atoms with E-state index in [1.54, 1.807) is 36.4 Å². The minimum absolute atomic E-state index is 0.0170. The summed E-state index contributed by atoms with van der Waals surface area (Å²) in [6, 6.07) is 14.7. The number of ether oxygens (including phenoxy) is 1. The zero-order valence-electron chi connectivity index (χ0n) is 16.6. The van der Waals surface area contributed by atoms with Gasteiger partial charge in [-0.1, -0.05) is 36.4 Å². The number of esters is 1. The number of carbonyl (C=O) groups is 3. The summed E-state index contributed by atoms with van der Waals surface area (Å²) in [6.45, 7) is 0. The van der Waals surface area contributed by atoms with Gasteiger partial charge in [-0.15, -0.1) is 0 Å². The van der Waals surface area contributed by atoms with Crippen molar-refractivity contribution in [1.82, 2.24) is 0 Å². The first kappa shape index (κ1) is 20.2. The van der Waals surface area contributed by atoms with E-state index in [4.69, 9.17) is 4.74 Å². The van der Waals surface area contributed by atoms with Crippen LogP contribution in [0.1, 0.15) is 37.4 Å². The summed E-state index contributed by atoms with van der Waals surface area (Å²) < 4.78 is 4.90. The van der Waals surface area contributed by atoms with Gasteiger partial charge in [-0.05, 0) is 29.8 Å². The molecule has 0 aliphatic heterocycles. The number of aromatic hydroxyl groups is 2. The van der Waals surface area contributed by atoms with Gasteiger partial charge in [-0.2, -0.15) is 0 Å².